The molecule has 1 aliphatic rings. The van der Waals surface area contributed by atoms with E-state index in [0.29, 0.717) is 19.0 Å². The molecule has 8 heteroatoms. The molecule has 1 heterocycles. The van der Waals surface area contributed by atoms with E-state index in [1.54, 1.807) is 7.11 Å². The van der Waals surface area contributed by atoms with E-state index >= 15 is 0 Å². The number of halogens is 1. The Morgan fingerprint density at radius 3 is 2.79 bits per heavy atom. The van der Waals surface area contributed by atoms with Crippen LogP contribution in [0.2, 0.25) is 0 Å². The highest BCUT2D eigenvalue weighted by Crippen LogP contribution is 2.30. The quantitative estimate of drug-likeness (QED) is 0.274. The number of hydrogen-bond donors (Lipinski definition) is 3. The molecule has 0 aliphatic carbocycles. The third kappa shape index (κ3) is 7.73. The smallest absolute Gasteiger partial charge is 0.221 e. The van der Waals surface area contributed by atoms with Crippen molar-refractivity contribution in [2.45, 2.75) is 39.2 Å². The van der Waals surface area contributed by atoms with Crippen LogP contribution < -0.4 is 25.6 Å². The average molecular weight is 503 g/mol. The number of nitrogens with zero attached hydrogens (tertiary/aromatic N) is 2. The first-order valence-corrected chi connectivity index (χ1v) is 9.87. The SMILES string of the molecule is CCCNC(=O)CCN=C(NCC)NC1CCN(c2ccccc2OC)C1.I. The molecule has 1 saturated heterocycles. The van der Waals surface area contributed by atoms with Gasteiger partial charge in [-0.1, -0.05) is 19.1 Å². The molecule has 0 spiro atoms. The predicted octanol–water partition coefficient (Wildman–Crippen LogP) is 2.36. The van der Waals surface area contributed by atoms with E-state index in [1.165, 1.54) is 0 Å². The Bertz CT molecular complexity index is 626. The van der Waals surface area contributed by atoms with Gasteiger partial charge in [0.05, 0.1) is 19.3 Å². The number of nitrogens with one attached hydrogen (secondary N) is 3. The first kappa shape index (κ1) is 24.3. The van der Waals surface area contributed by atoms with Gasteiger partial charge in [-0.2, -0.15) is 0 Å². The fraction of sp³-hybridized carbons (Fsp3) is 0.600. The number of para-hydroxylation sites is 2. The van der Waals surface area contributed by atoms with Crippen LogP contribution in [0.1, 0.15) is 33.1 Å². The standard InChI is InChI=1S/C20H33N5O2.HI/c1-4-12-22-19(26)10-13-23-20(21-5-2)24-16-11-14-25(15-16)17-8-6-7-9-18(17)27-3;/h6-9,16H,4-5,10-15H2,1-3H3,(H,22,26)(H2,21,23,24);1H. The molecule has 1 unspecified atom stereocenters. The molecule has 0 bridgehead atoms. The van der Waals surface area contributed by atoms with E-state index in [1.807, 2.05) is 32.0 Å². The maximum absolute atomic E-state index is 11.7. The van der Waals surface area contributed by atoms with E-state index in [0.717, 1.165) is 56.4 Å². The molecular formula is C20H34IN5O2. The van der Waals surface area contributed by atoms with Gasteiger partial charge in [0, 0.05) is 38.6 Å². The number of anilines is 1. The van der Waals surface area contributed by atoms with Gasteiger partial charge in [-0.05, 0) is 31.9 Å². The van der Waals surface area contributed by atoms with Crippen molar-refractivity contribution in [3.63, 3.8) is 0 Å². The number of rotatable bonds is 9. The molecule has 7 nitrogen and oxygen atoms in total. The Hall–Kier alpha value is -1.71. The normalized spacial score (nSPS) is 16.3. The van der Waals surface area contributed by atoms with Crippen molar-refractivity contribution in [1.29, 1.82) is 0 Å². The van der Waals surface area contributed by atoms with Gasteiger partial charge in [-0.25, -0.2) is 0 Å². The molecule has 1 aromatic carbocycles. The van der Waals surface area contributed by atoms with Gasteiger partial charge in [0.25, 0.3) is 0 Å². The molecule has 0 saturated carbocycles. The van der Waals surface area contributed by atoms with E-state index in [9.17, 15) is 4.79 Å². The van der Waals surface area contributed by atoms with Crippen LogP contribution in [0.4, 0.5) is 5.69 Å². The molecule has 158 valence electrons. The second-order valence-electron chi connectivity index (χ2n) is 6.61. The van der Waals surface area contributed by atoms with Crippen LogP contribution in [0.15, 0.2) is 29.3 Å². The van der Waals surface area contributed by atoms with Crippen LogP contribution in [-0.2, 0) is 4.79 Å². The van der Waals surface area contributed by atoms with Crippen molar-refractivity contribution in [2.24, 2.45) is 4.99 Å². The zero-order chi connectivity index (χ0) is 19.5. The van der Waals surface area contributed by atoms with Gasteiger partial charge in [0.15, 0.2) is 5.96 Å². The Kier molecular flexibility index (Phi) is 11.7. The number of hydrogen-bond acceptors (Lipinski definition) is 4. The lowest BCUT2D eigenvalue weighted by Crippen LogP contribution is -2.44. The summed E-state index contributed by atoms with van der Waals surface area (Å²) in [6, 6.07) is 8.41. The number of carbonyl (C=O) groups excluding carboxylic acids is 1. The monoisotopic (exact) mass is 503 g/mol. The number of guanidine groups is 1. The van der Waals surface area contributed by atoms with Gasteiger partial charge in [-0.15, -0.1) is 24.0 Å². The molecule has 0 radical (unpaired) electrons. The predicted molar refractivity (Wildman–Crippen MR) is 126 cm³/mol. The van der Waals surface area contributed by atoms with E-state index in [4.69, 9.17) is 4.74 Å². The Balaban J connectivity index is 0.00000392. The highest BCUT2D eigenvalue weighted by atomic mass is 127. The number of methoxy groups -OCH3 is 1. The minimum absolute atomic E-state index is 0. The van der Waals surface area contributed by atoms with Crippen molar-refractivity contribution in [2.75, 3.05) is 44.7 Å². The number of carbonyl (C=O) groups is 1. The first-order chi connectivity index (χ1) is 13.2. The van der Waals surface area contributed by atoms with Gasteiger partial charge >= 0.3 is 0 Å². The van der Waals surface area contributed by atoms with Crippen LogP contribution in [0.5, 0.6) is 5.75 Å². The van der Waals surface area contributed by atoms with Gasteiger partial charge < -0.3 is 25.6 Å². The van der Waals surface area contributed by atoms with Crippen LogP contribution in [0.25, 0.3) is 0 Å². The molecule has 0 aromatic heterocycles. The number of benzene rings is 1. The van der Waals surface area contributed by atoms with Crippen LogP contribution in [0, 0.1) is 0 Å². The lowest BCUT2D eigenvalue weighted by molar-refractivity contribution is -0.120. The van der Waals surface area contributed by atoms with Crippen LogP contribution in [0.3, 0.4) is 0 Å². The minimum atomic E-state index is 0. The summed E-state index contributed by atoms with van der Waals surface area (Å²) in [6.45, 7) is 7.94. The fourth-order valence-corrected chi connectivity index (χ4v) is 3.12. The minimum Gasteiger partial charge on any atom is -0.495 e. The summed E-state index contributed by atoms with van der Waals surface area (Å²) in [7, 11) is 1.71. The third-order valence-corrected chi connectivity index (χ3v) is 4.48. The average Bonchev–Trinajstić information content (AvgIpc) is 3.14. The lowest BCUT2D eigenvalue weighted by atomic mass is 10.2. The largest absolute Gasteiger partial charge is 0.495 e. The zero-order valence-electron chi connectivity index (χ0n) is 17.2. The zero-order valence-corrected chi connectivity index (χ0v) is 19.5. The number of amides is 1. The molecule has 1 aliphatic heterocycles. The van der Waals surface area contributed by atoms with Crippen molar-refractivity contribution in [1.82, 2.24) is 16.0 Å². The molecular weight excluding hydrogens is 469 g/mol. The maximum atomic E-state index is 11.7. The summed E-state index contributed by atoms with van der Waals surface area (Å²) in [5, 5.41) is 9.64. The van der Waals surface area contributed by atoms with Gasteiger partial charge in [-0.3, -0.25) is 9.79 Å². The van der Waals surface area contributed by atoms with Gasteiger partial charge in [0.2, 0.25) is 5.91 Å². The molecule has 1 aromatic rings. The lowest BCUT2D eigenvalue weighted by Gasteiger charge is -2.22. The van der Waals surface area contributed by atoms with Crippen molar-refractivity contribution >= 4 is 41.5 Å². The third-order valence-electron chi connectivity index (χ3n) is 4.48. The van der Waals surface area contributed by atoms with E-state index < -0.39 is 0 Å². The Morgan fingerprint density at radius 2 is 2.07 bits per heavy atom. The van der Waals surface area contributed by atoms with Crippen molar-refractivity contribution in [3.05, 3.63) is 24.3 Å². The van der Waals surface area contributed by atoms with Gasteiger partial charge in [0.1, 0.15) is 5.75 Å². The topological polar surface area (TPSA) is 78.0 Å². The number of aliphatic imine (C=N–C) groups is 1. The summed E-state index contributed by atoms with van der Waals surface area (Å²) in [5.41, 5.74) is 1.12. The van der Waals surface area contributed by atoms with Crippen LogP contribution >= 0.6 is 24.0 Å². The summed E-state index contributed by atoms with van der Waals surface area (Å²) in [5.74, 6) is 1.73. The van der Waals surface area contributed by atoms with E-state index in [-0.39, 0.29) is 29.9 Å². The molecule has 28 heavy (non-hydrogen) atoms. The van der Waals surface area contributed by atoms with Crippen LogP contribution in [-0.4, -0.2) is 57.7 Å². The first-order valence-electron chi connectivity index (χ1n) is 9.87. The summed E-state index contributed by atoms with van der Waals surface area (Å²) < 4.78 is 5.48. The number of ether oxygens (including phenoxy) is 1. The Morgan fingerprint density at radius 1 is 1.29 bits per heavy atom. The summed E-state index contributed by atoms with van der Waals surface area (Å²) in [6.07, 6.45) is 2.39. The Labute approximate surface area is 185 Å². The fourth-order valence-electron chi connectivity index (χ4n) is 3.12. The highest BCUT2D eigenvalue weighted by Gasteiger charge is 2.25. The summed E-state index contributed by atoms with van der Waals surface area (Å²) in [4.78, 5) is 18.6. The molecule has 2 rings (SSSR count). The maximum Gasteiger partial charge on any atom is 0.221 e. The van der Waals surface area contributed by atoms with Crippen molar-refractivity contribution in [3.8, 4) is 5.75 Å². The second-order valence-corrected chi connectivity index (χ2v) is 6.61. The molecule has 1 amide bonds. The highest BCUT2D eigenvalue weighted by molar-refractivity contribution is 14.0. The molecule has 1 atom stereocenters. The molecule has 1 fully saturated rings. The summed E-state index contributed by atoms with van der Waals surface area (Å²) >= 11 is 0. The van der Waals surface area contributed by atoms with E-state index in [2.05, 4.69) is 31.9 Å². The molecule has 3 N–H and O–H groups in total. The second kappa shape index (κ2) is 13.5. The van der Waals surface area contributed by atoms with Crippen molar-refractivity contribution < 1.29 is 9.53 Å².